The van der Waals surface area contributed by atoms with E-state index in [0.29, 0.717) is 32.2 Å². The van der Waals surface area contributed by atoms with E-state index in [4.69, 9.17) is 17.2 Å². The molecule has 6 atom stereocenters. The van der Waals surface area contributed by atoms with Gasteiger partial charge in [0.25, 0.3) is 0 Å². The van der Waals surface area contributed by atoms with E-state index in [9.17, 15) is 57.8 Å². The van der Waals surface area contributed by atoms with Gasteiger partial charge in [-0.15, -0.1) is 0 Å². The molecular weight excluding hydrogens is 794 g/mol. The number of aliphatic carboxylic acids is 1. The van der Waals surface area contributed by atoms with Gasteiger partial charge in [0.1, 0.15) is 36.3 Å². The molecule has 9 amide bonds. The number of nitrogens with one attached hydrogen (secondary N) is 7. The molecule has 0 saturated carbocycles. The van der Waals surface area contributed by atoms with Crippen molar-refractivity contribution >= 4 is 65.1 Å². The summed E-state index contributed by atoms with van der Waals surface area (Å²) in [4.78, 5) is 139. The number of nitrogens with two attached hydrogens (primary N) is 3. The molecule has 24 heteroatoms. The van der Waals surface area contributed by atoms with Gasteiger partial charge < -0.3 is 69.2 Å². The van der Waals surface area contributed by atoms with Gasteiger partial charge in [-0.3, -0.25) is 47.9 Å². The van der Waals surface area contributed by atoms with E-state index in [0.717, 1.165) is 7.11 Å². The summed E-state index contributed by atoms with van der Waals surface area (Å²) in [5, 5.41) is 26.2. The number of carboxylic acid groups (broad SMARTS) is 1. The number of amides is 9. The fraction of sp³-hybridized carbons (Fsp3) is 0.694. The summed E-state index contributed by atoms with van der Waals surface area (Å²) in [6.45, 7) is 3.68. The molecule has 1 aliphatic rings. The zero-order chi connectivity index (χ0) is 45.5. The Morgan fingerprint density at radius 3 is 1.95 bits per heavy atom. The number of carboxylic acids is 1. The van der Waals surface area contributed by atoms with Crippen molar-refractivity contribution in [2.75, 3.05) is 39.8 Å². The smallest absolute Gasteiger partial charge is 0.326 e. The number of carbonyl (C=O) groups excluding carboxylic acids is 10. The van der Waals surface area contributed by atoms with E-state index in [1.165, 1.54) is 11.8 Å². The highest BCUT2D eigenvalue weighted by molar-refractivity contribution is 5.97. The number of hydrogen-bond acceptors (Lipinski definition) is 14. The van der Waals surface area contributed by atoms with Crippen LogP contribution in [0.3, 0.4) is 0 Å². The van der Waals surface area contributed by atoms with Crippen molar-refractivity contribution < 1.29 is 62.6 Å². The topological polar surface area (TPSA) is 383 Å². The number of hydrogen-bond donors (Lipinski definition) is 11. The molecule has 24 nitrogen and oxygen atoms in total. The largest absolute Gasteiger partial charge is 0.480 e. The molecular formula is C36H61N11O13. The molecule has 1 aliphatic heterocycles. The maximum Gasteiger partial charge on any atom is 0.326 e. The highest BCUT2D eigenvalue weighted by atomic mass is 16.5. The summed E-state index contributed by atoms with van der Waals surface area (Å²) in [6.07, 6.45) is 0.825. The van der Waals surface area contributed by atoms with Gasteiger partial charge in [0.05, 0.1) is 33.2 Å². The molecule has 1 saturated heterocycles. The summed E-state index contributed by atoms with van der Waals surface area (Å²) < 4.78 is 4.59. The number of unbranched alkanes of at least 4 members (excludes halogenated alkanes) is 1. The Morgan fingerprint density at radius 2 is 1.37 bits per heavy atom. The molecule has 0 aromatic rings. The van der Waals surface area contributed by atoms with Crippen molar-refractivity contribution in [3.05, 3.63) is 0 Å². The number of likely N-dealkylation sites (tertiary alicyclic amines) is 1. The zero-order valence-electron chi connectivity index (χ0n) is 34.5. The van der Waals surface area contributed by atoms with E-state index in [2.05, 4.69) is 42.0 Å². The maximum atomic E-state index is 13.3. The second-order valence-corrected chi connectivity index (χ2v) is 14.5. The van der Waals surface area contributed by atoms with Crippen molar-refractivity contribution in [2.45, 2.75) is 115 Å². The zero-order valence-corrected chi connectivity index (χ0v) is 34.5. The molecule has 0 aromatic heterocycles. The SMILES string of the molecule is COC(=O)C[C@H](NC(=O)[C@H](CCC(N)=O)NC(=O)CN)C(=O)NCC(=O)N[C@@H](CC(C)C)C(=O)N[C@@H](C)C(=O)NCC(=O)N1CCC[C@H]1C(=O)N[C@@H](CCCCN)C(=O)O. The van der Waals surface area contributed by atoms with Crippen molar-refractivity contribution in [3.8, 4) is 0 Å². The first-order valence-electron chi connectivity index (χ1n) is 19.6. The fourth-order valence-electron chi connectivity index (χ4n) is 5.93. The number of carbonyl (C=O) groups is 11. The molecule has 0 bridgehead atoms. The predicted molar refractivity (Wildman–Crippen MR) is 210 cm³/mol. The summed E-state index contributed by atoms with van der Waals surface area (Å²) in [6, 6.07) is -7.48. The Hall–Kier alpha value is -5.91. The highest BCUT2D eigenvalue weighted by Gasteiger charge is 2.36. The Labute approximate surface area is 347 Å². The van der Waals surface area contributed by atoms with Crippen LogP contribution in [0, 0.1) is 5.92 Å². The third-order valence-corrected chi connectivity index (χ3v) is 9.13. The van der Waals surface area contributed by atoms with Gasteiger partial charge in [0, 0.05) is 13.0 Å². The lowest BCUT2D eigenvalue weighted by Crippen LogP contribution is -2.57. The van der Waals surface area contributed by atoms with Gasteiger partial charge in [-0.2, -0.15) is 0 Å². The molecule has 1 fully saturated rings. The van der Waals surface area contributed by atoms with Crippen LogP contribution in [-0.2, 0) is 57.5 Å². The van der Waals surface area contributed by atoms with Gasteiger partial charge in [0.15, 0.2) is 0 Å². The monoisotopic (exact) mass is 855 g/mol. The second kappa shape index (κ2) is 27.0. The quantitative estimate of drug-likeness (QED) is 0.0272. The summed E-state index contributed by atoms with van der Waals surface area (Å²) in [7, 11) is 1.04. The molecule has 0 radical (unpaired) electrons. The fourth-order valence-corrected chi connectivity index (χ4v) is 5.93. The van der Waals surface area contributed by atoms with Crippen molar-refractivity contribution in [1.82, 2.24) is 42.1 Å². The van der Waals surface area contributed by atoms with Crippen LogP contribution in [0.15, 0.2) is 0 Å². The number of methoxy groups -OCH3 is 1. The second-order valence-electron chi connectivity index (χ2n) is 14.5. The molecule has 338 valence electrons. The maximum absolute atomic E-state index is 13.3. The Morgan fingerprint density at radius 1 is 0.733 bits per heavy atom. The first-order chi connectivity index (χ1) is 28.2. The molecule has 1 heterocycles. The minimum atomic E-state index is -1.61. The van der Waals surface area contributed by atoms with E-state index in [-0.39, 0.29) is 38.1 Å². The molecule has 0 aromatic carbocycles. The van der Waals surface area contributed by atoms with Crippen LogP contribution in [0.1, 0.15) is 78.6 Å². The molecule has 1 rings (SSSR count). The molecule has 14 N–H and O–H groups in total. The molecule has 60 heavy (non-hydrogen) atoms. The van der Waals surface area contributed by atoms with Gasteiger partial charge in [-0.05, 0) is 64.3 Å². The van der Waals surface area contributed by atoms with Crippen LogP contribution < -0.4 is 54.4 Å². The lowest BCUT2D eigenvalue weighted by molar-refractivity contribution is -0.144. The predicted octanol–water partition coefficient (Wildman–Crippen LogP) is -5.30. The first kappa shape index (κ1) is 52.1. The summed E-state index contributed by atoms with van der Waals surface area (Å²) in [5.41, 5.74) is 15.9. The third-order valence-electron chi connectivity index (χ3n) is 9.13. The van der Waals surface area contributed by atoms with Crippen molar-refractivity contribution in [3.63, 3.8) is 0 Å². The van der Waals surface area contributed by atoms with Crippen LogP contribution in [0.5, 0.6) is 0 Å². The number of primary amides is 1. The third kappa shape index (κ3) is 19.2. The van der Waals surface area contributed by atoms with Crippen LogP contribution in [-0.4, -0.2) is 151 Å². The van der Waals surface area contributed by atoms with Gasteiger partial charge in [-0.1, -0.05) is 13.8 Å². The summed E-state index contributed by atoms with van der Waals surface area (Å²) >= 11 is 0. The number of esters is 1. The molecule has 0 aliphatic carbocycles. The molecule has 0 spiro atoms. The average molecular weight is 856 g/mol. The molecule has 0 unspecified atom stereocenters. The van der Waals surface area contributed by atoms with Crippen LogP contribution in [0.25, 0.3) is 0 Å². The summed E-state index contributed by atoms with van der Waals surface area (Å²) in [5.74, 6) is -9.43. The highest BCUT2D eigenvalue weighted by Crippen LogP contribution is 2.18. The normalized spacial score (nSPS) is 15.8. The van der Waals surface area contributed by atoms with Crippen LogP contribution in [0.2, 0.25) is 0 Å². The average Bonchev–Trinajstić information content (AvgIpc) is 3.69. The standard InChI is InChI=1S/C36H61N11O13/c1-19(2)14-23(44-28(50)17-40-32(54)24(15-30(52)60-4)46-33(55)21(10-11-26(39)48)43-27(49)16-38)34(56)42-20(3)31(53)41-18-29(51)47-13-7-9-25(47)35(57)45-22(36(58)59)8-5-6-12-37/h19-25H,5-18,37-38H2,1-4H3,(H2,39,48)(H,40,54)(H,41,53)(H,42,56)(H,43,49)(H,44,50)(H,45,57)(H,46,55)(H,58,59)/t20-,21-,22-,23-,24-,25-/m0/s1. The van der Waals surface area contributed by atoms with Crippen LogP contribution >= 0.6 is 0 Å². The van der Waals surface area contributed by atoms with Gasteiger partial charge in [-0.25, -0.2) is 4.79 Å². The minimum absolute atomic E-state index is 0.0920. The Bertz CT molecular complexity index is 1560. The number of nitrogens with zero attached hydrogens (tertiary/aromatic N) is 1. The lowest BCUT2D eigenvalue weighted by Gasteiger charge is -2.26. The first-order valence-corrected chi connectivity index (χ1v) is 19.6. The minimum Gasteiger partial charge on any atom is -0.480 e. The number of rotatable bonds is 27. The lowest BCUT2D eigenvalue weighted by atomic mass is 10.0. The van der Waals surface area contributed by atoms with E-state index in [1.807, 2.05) is 0 Å². The number of ether oxygens (including phenoxy) is 1. The Balaban J connectivity index is 2.87. The Kier molecular flexibility index (Phi) is 23.4. The van der Waals surface area contributed by atoms with E-state index < -0.39 is 127 Å². The van der Waals surface area contributed by atoms with E-state index in [1.54, 1.807) is 13.8 Å². The van der Waals surface area contributed by atoms with Crippen molar-refractivity contribution in [1.29, 1.82) is 0 Å². The van der Waals surface area contributed by atoms with E-state index >= 15 is 0 Å². The van der Waals surface area contributed by atoms with Gasteiger partial charge >= 0.3 is 11.9 Å². The van der Waals surface area contributed by atoms with Gasteiger partial charge in [0.2, 0.25) is 53.2 Å². The van der Waals surface area contributed by atoms with Crippen molar-refractivity contribution in [2.24, 2.45) is 23.1 Å². The van der Waals surface area contributed by atoms with Crippen LogP contribution in [0.4, 0.5) is 0 Å².